The number of piperazine rings is 1. The SMILES string of the molecule is O=C(OC(C(F)(F)F)C(F)(F)F)N1CCN(Cc2ccc(C(F)(F)F)cc2C2CCNC2)CC1. The summed E-state index contributed by atoms with van der Waals surface area (Å²) in [6.07, 6.45) is -21.4. The lowest BCUT2D eigenvalue weighted by Crippen LogP contribution is -2.52. The third-order valence-corrected chi connectivity index (χ3v) is 5.81. The topological polar surface area (TPSA) is 44.8 Å². The number of alkyl halides is 9. The summed E-state index contributed by atoms with van der Waals surface area (Å²) in [4.78, 5) is 14.4. The Bertz CT molecular complexity index is 842. The zero-order valence-corrected chi connectivity index (χ0v) is 17.7. The van der Waals surface area contributed by atoms with Gasteiger partial charge in [-0.3, -0.25) is 4.90 Å². The number of amides is 1. The highest BCUT2D eigenvalue weighted by molar-refractivity contribution is 5.68. The van der Waals surface area contributed by atoms with Crippen molar-refractivity contribution in [1.29, 1.82) is 0 Å². The van der Waals surface area contributed by atoms with Crippen molar-refractivity contribution < 1.29 is 49.0 Å². The minimum atomic E-state index is -5.80. The molecule has 0 aromatic heterocycles. The van der Waals surface area contributed by atoms with E-state index in [-0.39, 0.29) is 38.6 Å². The van der Waals surface area contributed by atoms with Crippen molar-refractivity contribution in [3.63, 3.8) is 0 Å². The van der Waals surface area contributed by atoms with Crippen LogP contribution in [0.5, 0.6) is 0 Å². The first-order valence-corrected chi connectivity index (χ1v) is 10.4. The summed E-state index contributed by atoms with van der Waals surface area (Å²) in [6, 6.07) is 3.48. The third kappa shape index (κ3) is 6.46. The Morgan fingerprint density at radius 3 is 2.12 bits per heavy atom. The average molecular weight is 507 g/mol. The Balaban J connectivity index is 1.64. The molecule has 192 valence electrons. The number of benzene rings is 1. The maximum absolute atomic E-state index is 13.2. The molecule has 2 fully saturated rings. The lowest BCUT2D eigenvalue weighted by molar-refractivity contribution is -0.308. The van der Waals surface area contributed by atoms with Crippen molar-refractivity contribution in [2.45, 2.75) is 43.5 Å². The molecule has 1 unspecified atom stereocenters. The van der Waals surface area contributed by atoms with E-state index in [1.54, 1.807) is 4.90 Å². The first-order chi connectivity index (χ1) is 15.7. The Morgan fingerprint density at radius 2 is 1.62 bits per heavy atom. The molecule has 3 rings (SSSR count). The Hall–Kier alpha value is -2.22. The van der Waals surface area contributed by atoms with Crippen molar-refractivity contribution in [2.24, 2.45) is 0 Å². The van der Waals surface area contributed by atoms with Gasteiger partial charge >= 0.3 is 24.6 Å². The van der Waals surface area contributed by atoms with Crippen LogP contribution in [0, 0.1) is 0 Å². The number of nitrogens with one attached hydrogen (secondary N) is 1. The van der Waals surface area contributed by atoms with Gasteiger partial charge in [-0.25, -0.2) is 4.79 Å². The van der Waals surface area contributed by atoms with Gasteiger partial charge in [0.2, 0.25) is 0 Å². The van der Waals surface area contributed by atoms with Crippen LogP contribution in [0.2, 0.25) is 0 Å². The van der Waals surface area contributed by atoms with Gasteiger partial charge in [0.15, 0.2) is 0 Å². The van der Waals surface area contributed by atoms with Gasteiger partial charge in [0.05, 0.1) is 5.56 Å². The highest BCUT2D eigenvalue weighted by atomic mass is 19.4. The van der Waals surface area contributed by atoms with E-state index in [9.17, 15) is 44.3 Å². The van der Waals surface area contributed by atoms with E-state index >= 15 is 0 Å². The van der Waals surface area contributed by atoms with E-state index in [1.807, 2.05) is 0 Å². The van der Waals surface area contributed by atoms with Crippen LogP contribution < -0.4 is 5.32 Å². The molecule has 0 saturated carbocycles. The van der Waals surface area contributed by atoms with Crippen molar-refractivity contribution in [2.75, 3.05) is 39.3 Å². The normalized spacial score (nSPS) is 20.8. The van der Waals surface area contributed by atoms with Gasteiger partial charge in [-0.1, -0.05) is 6.07 Å². The summed E-state index contributed by atoms with van der Waals surface area (Å²) >= 11 is 0. The minimum Gasteiger partial charge on any atom is -0.426 e. The van der Waals surface area contributed by atoms with Crippen molar-refractivity contribution in [1.82, 2.24) is 15.1 Å². The van der Waals surface area contributed by atoms with E-state index in [4.69, 9.17) is 0 Å². The maximum atomic E-state index is 13.2. The van der Waals surface area contributed by atoms with E-state index in [0.29, 0.717) is 30.6 Å². The Kier molecular flexibility index (Phi) is 7.60. The van der Waals surface area contributed by atoms with E-state index < -0.39 is 36.3 Å². The molecule has 1 amide bonds. The lowest BCUT2D eigenvalue weighted by Gasteiger charge is -2.35. The summed E-state index contributed by atoms with van der Waals surface area (Å²) in [6.45, 7) is 1.22. The number of hydrogen-bond donors (Lipinski definition) is 1. The van der Waals surface area contributed by atoms with Crippen LogP contribution in [0.1, 0.15) is 29.0 Å². The summed E-state index contributed by atoms with van der Waals surface area (Å²) < 4.78 is 119. The number of ether oxygens (including phenoxy) is 1. The average Bonchev–Trinajstić information content (AvgIpc) is 3.25. The number of carbonyl (C=O) groups excluding carboxylic acids is 1. The highest BCUT2D eigenvalue weighted by Crippen LogP contribution is 2.37. The maximum Gasteiger partial charge on any atom is 0.434 e. The fourth-order valence-electron chi connectivity index (χ4n) is 4.04. The van der Waals surface area contributed by atoms with Crippen LogP contribution in [0.3, 0.4) is 0 Å². The molecule has 1 atom stereocenters. The van der Waals surface area contributed by atoms with Gasteiger partial charge in [0.25, 0.3) is 6.10 Å². The minimum absolute atomic E-state index is 0.0984. The van der Waals surface area contributed by atoms with Gasteiger partial charge in [-0.2, -0.15) is 39.5 Å². The number of hydrogen-bond acceptors (Lipinski definition) is 4. The van der Waals surface area contributed by atoms with Gasteiger partial charge in [0.1, 0.15) is 0 Å². The van der Waals surface area contributed by atoms with Crippen LogP contribution in [-0.4, -0.2) is 73.6 Å². The van der Waals surface area contributed by atoms with E-state index in [1.165, 1.54) is 6.07 Å². The number of rotatable bonds is 4. The molecule has 1 N–H and O–H groups in total. The van der Waals surface area contributed by atoms with Crippen molar-refractivity contribution in [3.05, 3.63) is 34.9 Å². The lowest BCUT2D eigenvalue weighted by atomic mass is 9.91. The highest BCUT2D eigenvalue weighted by Gasteiger charge is 2.60. The van der Waals surface area contributed by atoms with Gasteiger partial charge in [-0.05, 0) is 42.1 Å². The predicted octanol–water partition coefficient (Wildman–Crippen LogP) is 4.53. The number of nitrogens with zero attached hydrogens (tertiary/aromatic N) is 2. The Morgan fingerprint density at radius 1 is 1.00 bits per heavy atom. The molecule has 14 heteroatoms. The smallest absolute Gasteiger partial charge is 0.426 e. The molecule has 2 aliphatic rings. The van der Waals surface area contributed by atoms with E-state index in [0.717, 1.165) is 17.0 Å². The fourth-order valence-corrected chi connectivity index (χ4v) is 4.04. The molecule has 2 heterocycles. The zero-order chi connectivity index (χ0) is 25.3. The second-order valence-electron chi connectivity index (χ2n) is 8.21. The summed E-state index contributed by atoms with van der Waals surface area (Å²) in [5.74, 6) is -0.116. The van der Waals surface area contributed by atoms with Crippen molar-refractivity contribution >= 4 is 6.09 Å². The van der Waals surface area contributed by atoms with Gasteiger partial charge in [0, 0.05) is 39.3 Å². The summed E-state index contributed by atoms with van der Waals surface area (Å²) in [7, 11) is 0. The van der Waals surface area contributed by atoms with Crippen LogP contribution in [0.15, 0.2) is 18.2 Å². The van der Waals surface area contributed by atoms with E-state index in [2.05, 4.69) is 10.1 Å². The first-order valence-electron chi connectivity index (χ1n) is 10.4. The molecule has 0 bridgehead atoms. The molecule has 2 saturated heterocycles. The summed E-state index contributed by atoms with van der Waals surface area (Å²) in [5.41, 5.74) is 0.418. The molecule has 2 aliphatic heterocycles. The second-order valence-corrected chi connectivity index (χ2v) is 8.21. The zero-order valence-electron chi connectivity index (χ0n) is 17.7. The van der Waals surface area contributed by atoms with Crippen molar-refractivity contribution in [3.8, 4) is 0 Å². The second kappa shape index (κ2) is 9.80. The molecule has 1 aromatic carbocycles. The quantitative estimate of drug-likeness (QED) is 0.609. The van der Waals surface area contributed by atoms with Crippen LogP contribution in [-0.2, 0) is 17.5 Å². The predicted molar refractivity (Wildman–Crippen MR) is 101 cm³/mol. The van der Waals surface area contributed by atoms with Gasteiger partial charge in [-0.15, -0.1) is 0 Å². The molecule has 1 aromatic rings. The van der Waals surface area contributed by atoms with Crippen LogP contribution in [0.25, 0.3) is 0 Å². The summed E-state index contributed by atoms with van der Waals surface area (Å²) in [5, 5.41) is 3.10. The fraction of sp³-hybridized carbons (Fsp3) is 0.650. The van der Waals surface area contributed by atoms with Gasteiger partial charge < -0.3 is 15.0 Å². The standard InChI is InChI=1S/C20H22F9N3O2/c21-18(22,23)14-2-1-13(15(9-14)12-3-4-30-10-12)11-31-5-7-32(8-6-31)17(33)34-16(19(24,25)26)20(27,28)29/h1-2,9,12,16,30H,3-8,10-11H2. The van der Waals surface area contributed by atoms with Crippen LogP contribution in [0.4, 0.5) is 44.3 Å². The molecule has 5 nitrogen and oxygen atoms in total. The molecular formula is C20H22F9N3O2. The number of halogens is 9. The molecular weight excluding hydrogens is 485 g/mol. The van der Waals surface area contributed by atoms with Crippen LogP contribution >= 0.6 is 0 Å². The largest absolute Gasteiger partial charge is 0.434 e. The molecule has 0 radical (unpaired) electrons. The monoisotopic (exact) mass is 507 g/mol. The molecule has 0 aliphatic carbocycles. The molecule has 0 spiro atoms. The number of carbonyl (C=O) groups is 1. The molecule has 34 heavy (non-hydrogen) atoms. The third-order valence-electron chi connectivity index (χ3n) is 5.81. The Labute approximate surface area is 188 Å². The first kappa shape index (κ1) is 26.4.